The molecule has 3 heterocycles. The van der Waals surface area contributed by atoms with Crippen molar-refractivity contribution in [3.8, 4) is 5.88 Å². The Bertz CT molecular complexity index is 1090. The molecule has 1 spiro atoms. The van der Waals surface area contributed by atoms with Crippen molar-refractivity contribution in [3.05, 3.63) is 51.5 Å². The SMILES string of the molecule is CCOC(=O)C1=C(N)Oc2n[nH]c(C(F)(F)F)c2C12C(=O)Nc1ccc(Cl)cc12. The molecular formula is C17H12ClF3N4O4. The van der Waals surface area contributed by atoms with Gasteiger partial charge < -0.3 is 20.5 Å². The van der Waals surface area contributed by atoms with E-state index in [0.29, 0.717) is 0 Å². The van der Waals surface area contributed by atoms with E-state index in [1.54, 1.807) is 0 Å². The molecule has 0 saturated heterocycles. The molecule has 0 fully saturated rings. The number of carbonyl (C=O) groups excluding carboxylic acids is 2. The van der Waals surface area contributed by atoms with Gasteiger partial charge in [-0.05, 0) is 25.1 Å². The van der Waals surface area contributed by atoms with Crippen molar-refractivity contribution in [2.45, 2.75) is 18.5 Å². The molecule has 8 nitrogen and oxygen atoms in total. The quantitative estimate of drug-likeness (QED) is 0.632. The first-order valence-corrected chi connectivity index (χ1v) is 8.62. The number of fused-ring (bicyclic) bond motifs is 4. The summed E-state index contributed by atoms with van der Waals surface area (Å²) in [7, 11) is 0. The molecule has 12 heteroatoms. The second kappa shape index (κ2) is 6.14. The third-order valence-corrected chi connectivity index (χ3v) is 4.91. The smallest absolute Gasteiger partial charge is 0.433 e. The van der Waals surface area contributed by atoms with Gasteiger partial charge in [0.25, 0.3) is 0 Å². The van der Waals surface area contributed by atoms with Gasteiger partial charge in [0.05, 0.1) is 12.2 Å². The monoisotopic (exact) mass is 428 g/mol. The van der Waals surface area contributed by atoms with E-state index in [1.165, 1.54) is 25.1 Å². The molecule has 2 aliphatic heterocycles. The number of aromatic nitrogens is 2. The van der Waals surface area contributed by atoms with Crippen molar-refractivity contribution in [2.24, 2.45) is 5.73 Å². The second-order valence-corrected chi connectivity index (χ2v) is 6.67. The largest absolute Gasteiger partial charge is 0.462 e. The van der Waals surface area contributed by atoms with Gasteiger partial charge in [0.1, 0.15) is 16.7 Å². The van der Waals surface area contributed by atoms with Gasteiger partial charge in [-0.3, -0.25) is 9.89 Å². The maximum Gasteiger partial charge on any atom is 0.433 e. The summed E-state index contributed by atoms with van der Waals surface area (Å²) < 4.78 is 51.4. The third kappa shape index (κ3) is 2.50. The molecule has 4 N–H and O–H groups in total. The molecule has 1 aromatic heterocycles. The topological polar surface area (TPSA) is 119 Å². The second-order valence-electron chi connectivity index (χ2n) is 6.23. The van der Waals surface area contributed by atoms with Crippen LogP contribution in [0.5, 0.6) is 5.88 Å². The van der Waals surface area contributed by atoms with Crippen molar-refractivity contribution in [1.82, 2.24) is 10.2 Å². The van der Waals surface area contributed by atoms with Gasteiger partial charge in [0, 0.05) is 16.3 Å². The lowest BCUT2D eigenvalue weighted by atomic mass is 9.68. The zero-order chi connectivity index (χ0) is 21.1. The minimum atomic E-state index is -4.94. The molecule has 152 valence electrons. The number of amides is 1. The lowest BCUT2D eigenvalue weighted by Gasteiger charge is -2.33. The number of esters is 1. The van der Waals surface area contributed by atoms with Crippen molar-refractivity contribution < 1.29 is 32.2 Å². The lowest BCUT2D eigenvalue weighted by Crippen LogP contribution is -2.46. The summed E-state index contributed by atoms with van der Waals surface area (Å²) in [5.74, 6) is -3.23. The van der Waals surface area contributed by atoms with E-state index in [-0.39, 0.29) is 22.9 Å². The number of aromatic amines is 1. The summed E-state index contributed by atoms with van der Waals surface area (Å²) >= 11 is 6.05. The Morgan fingerprint density at radius 3 is 2.79 bits per heavy atom. The van der Waals surface area contributed by atoms with Crippen molar-refractivity contribution in [1.29, 1.82) is 0 Å². The Morgan fingerprint density at radius 2 is 2.14 bits per heavy atom. The highest BCUT2D eigenvalue weighted by Crippen LogP contribution is 2.56. The number of nitrogens with one attached hydrogen (secondary N) is 2. The minimum absolute atomic E-state index is 0.00236. The molecule has 1 aromatic carbocycles. The van der Waals surface area contributed by atoms with Gasteiger partial charge in [0.15, 0.2) is 0 Å². The van der Waals surface area contributed by atoms with Crippen molar-refractivity contribution in [3.63, 3.8) is 0 Å². The molecule has 0 aliphatic carbocycles. The van der Waals surface area contributed by atoms with Crippen LogP contribution < -0.4 is 15.8 Å². The van der Waals surface area contributed by atoms with Crippen molar-refractivity contribution >= 4 is 29.2 Å². The minimum Gasteiger partial charge on any atom is -0.462 e. The first kappa shape index (κ1) is 19.1. The van der Waals surface area contributed by atoms with Gasteiger partial charge in [-0.1, -0.05) is 11.6 Å². The summed E-state index contributed by atoms with van der Waals surface area (Å²) in [4.78, 5) is 25.9. The van der Waals surface area contributed by atoms with Crippen LogP contribution in [0.15, 0.2) is 29.7 Å². The summed E-state index contributed by atoms with van der Waals surface area (Å²) in [6.07, 6.45) is -4.94. The number of halogens is 4. The van der Waals surface area contributed by atoms with E-state index < -0.39 is 52.1 Å². The number of carbonyl (C=O) groups is 2. The van der Waals surface area contributed by atoms with Gasteiger partial charge in [0.2, 0.25) is 17.7 Å². The van der Waals surface area contributed by atoms with Crippen molar-refractivity contribution in [2.75, 3.05) is 11.9 Å². The molecule has 4 rings (SSSR count). The molecule has 2 aromatic rings. The lowest BCUT2D eigenvalue weighted by molar-refractivity contribution is -0.144. The standard InChI is InChI=1S/C17H12ClF3N4O4/c1-2-28-14(26)10-12(22)29-13-9(11(24-25-13)17(19,20)21)16(10)7-5-6(18)3-4-8(7)23-15(16)27/h3-5H,2,22H2,1H3,(H,23,27)(H,24,25). The van der Waals surface area contributed by atoms with Gasteiger partial charge in [-0.15, -0.1) is 5.10 Å². The molecule has 1 amide bonds. The average molecular weight is 429 g/mol. The molecular weight excluding hydrogens is 417 g/mol. The molecule has 0 saturated carbocycles. The number of H-pyrrole nitrogens is 1. The Kier molecular flexibility index (Phi) is 4.05. The number of nitrogens with two attached hydrogens (primary N) is 1. The molecule has 2 aliphatic rings. The first-order valence-electron chi connectivity index (χ1n) is 8.25. The summed E-state index contributed by atoms with van der Waals surface area (Å²) in [5, 5.41) is 7.97. The number of alkyl halides is 3. The van der Waals surface area contributed by atoms with Crippen LogP contribution in [0.1, 0.15) is 23.7 Å². The van der Waals surface area contributed by atoms with Crippen LogP contribution in [0, 0.1) is 0 Å². The van der Waals surface area contributed by atoms with Crippen LogP contribution in [-0.2, 0) is 25.9 Å². The fraction of sp³-hybridized carbons (Fsp3) is 0.235. The van der Waals surface area contributed by atoms with Gasteiger partial charge >= 0.3 is 12.1 Å². The molecule has 0 radical (unpaired) electrons. The number of hydrogen-bond acceptors (Lipinski definition) is 6. The van der Waals surface area contributed by atoms with Crippen LogP contribution in [0.4, 0.5) is 18.9 Å². The highest BCUT2D eigenvalue weighted by atomic mass is 35.5. The van der Waals surface area contributed by atoms with Gasteiger partial charge in [-0.2, -0.15) is 13.2 Å². The molecule has 0 bridgehead atoms. The molecule has 1 atom stereocenters. The van der Waals surface area contributed by atoms with E-state index in [0.717, 1.165) is 0 Å². The van der Waals surface area contributed by atoms with E-state index in [2.05, 4.69) is 10.4 Å². The zero-order valence-electron chi connectivity index (χ0n) is 14.6. The van der Waals surface area contributed by atoms with E-state index >= 15 is 0 Å². The van der Waals surface area contributed by atoms with Crippen LogP contribution in [0.3, 0.4) is 0 Å². The normalized spacial score (nSPS) is 20.2. The first-order chi connectivity index (χ1) is 13.6. The summed E-state index contributed by atoms with van der Waals surface area (Å²) in [6, 6.07) is 4.13. The Balaban J connectivity index is 2.15. The fourth-order valence-electron chi connectivity index (χ4n) is 3.64. The molecule has 1 unspecified atom stereocenters. The third-order valence-electron chi connectivity index (χ3n) is 4.67. The Hall–Kier alpha value is -3.21. The van der Waals surface area contributed by atoms with Crippen LogP contribution in [-0.4, -0.2) is 28.7 Å². The highest BCUT2D eigenvalue weighted by molar-refractivity contribution is 6.31. The van der Waals surface area contributed by atoms with E-state index in [9.17, 15) is 22.8 Å². The average Bonchev–Trinajstić information content (AvgIpc) is 3.16. The van der Waals surface area contributed by atoms with Crippen LogP contribution in [0.25, 0.3) is 0 Å². The predicted molar refractivity (Wildman–Crippen MR) is 92.9 cm³/mol. The zero-order valence-corrected chi connectivity index (χ0v) is 15.4. The number of benzene rings is 1. The summed E-state index contributed by atoms with van der Waals surface area (Å²) in [6.45, 7) is 1.38. The Morgan fingerprint density at radius 1 is 1.41 bits per heavy atom. The maximum atomic E-state index is 13.8. The molecule has 29 heavy (non-hydrogen) atoms. The van der Waals surface area contributed by atoms with E-state index in [4.69, 9.17) is 26.8 Å². The van der Waals surface area contributed by atoms with Crippen LogP contribution in [0.2, 0.25) is 5.02 Å². The van der Waals surface area contributed by atoms with Crippen LogP contribution >= 0.6 is 11.6 Å². The highest BCUT2D eigenvalue weighted by Gasteiger charge is 2.62. The van der Waals surface area contributed by atoms with Gasteiger partial charge in [-0.25, -0.2) is 4.79 Å². The number of hydrogen-bond donors (Lipinski definition) is 3. The number of anilines is 1. The Labute approximate surface area is 165 Å². The number of ether oxygens (including phenoxy) is 2. The number of nitrogens with zero attached hydrogens (tertiary/aromatic N) is 1. The maximum absolute atomic E-state index is 13.8. The summed E-state index contributed by atoms with van der Waals surface area (Å²) in [5.41, 5.74) is 1.07. The van der Waals surface area contributed by atoms with E-state index in [1.807, 2.05) is 5.10 Å². The number of rotatable bonds is 2. The fourth-order valence-corrected chi connectivity index (χ4v) is 3.82. The predicted octanol–water partition coefficient (Wildman–Crippen LogP) is 2.45.